The van der Waals surface area contributed by atoms with Crippen LogP contribution in [0.15, 0.2) is 48.5 Å². The molecule has 2 atom stereocenters. The molecule has 0 fully saturated rings. The zero-order valence-corrected chi connectivity index (χ0v) is 12.8. The minimum atomic E-state index is 0.245. The monoisotopic (exact) mass is 281 g/mol. The van der Waals surface area contributed by atoms with Gasteiger partial charge in [0.05, 0.1) is 6.04 Å². The summed E-state index contributed by atoms with van der Waals surface area (Å²) in [5, 5.41) is 3.59. The van der Waals surface area contributed by atoms with Gasteiger partial charge in [-0.3, -0.25) is 0 Å². The van der Waals surface area contributed by atoms with Crippen molar-refractivity contribution in [1.29, 1.82) is 0 Å². The van der Waals surface area contributed by atoms with Gasteiger partial charge in [-0.05, 0) is 18.5 Å². The molecule has 0 aromatic heterocycles. The minimum Gasteiger partial charge on any atom is -0.487 e. The molecule has 3 rings (SSSR count). The number of hydrogen-bond acceptors (Lipinski definition) is 2. The molecule has 1 aliphatic heterocycles. The molecule has 0 radical (unpaired) electrons. The lowest BCUT2D eigenvalue weighted by atomic mass is 9.96. The predicted molar refractivity (Wildman–Crippen MR) is 87.6 cm³/mol. The Morgan fingerprint density at radius 2 is 1.81 bits per heavy atom. The van der Waals surface area contributed by atoms with Gasteiger partial charge in [0.2, 0.25) is 0 Å². The largest absolute Gasteiger partial charge is 0.487 e. The standard InChI is InChI=1S/C19H23NO/c1-3-9-17-18(20-4-2)16-13-8-12-15(19(16)21-17)14-10-6-5-7-11-14/h5-8,10-13,17-18,20H,3-4,9H2,1-2H3. The van der Waals surface area contributed by atoms with Crippen molar-refractivity contribution in [2.75, 3.05) is 6.54 Å². The van der Waals surface area contributed by atoms with Crippen molar-refractivity contribution in [3.05, 3.63) is 54.1 Å². The molecule has 2 heteroatoms. The molecule has 0 saturated heterocycles. The Kier molecular flexibility index (Phi) is 4.26. The number of benzene rings is 2. The molecule has 110 valence electrons. The topological polar surface area (TPSA) is 21.3 Å². The third-order valence-electron chi connectivity index (χ3n) is 4.10. The van der Waals surface area contributed by atoms with Crippen molar-refractivity contribution in [1.82, 2.24) is 5.32 Å². The third-order valence-corrected chi connectivity index (χ3v) is 4.10. The Morgan fingerprint density at radius 1 is 1.00 bits per heavy atom. The zero-order chi connectivity index (χ0) is 14.7. The normalized spacial score (nSPS) is 20.1. The van der Waals surface area contributed by atoms with Crippen molar-refractivity contribution < 1.29 is 4.74 Å². The number of fused-ring (bicyclic) bond motifs is 1. The fourth-order valence-corrected chi connectivity index (χ4v) is 3.17. The maximum absolute atomic E-state index is 6.34. The summed E-state index contributed by atoms with van der Waals surface area (Å²) in [4.78, 5) is 0. The fourth-order valence-electron chi connectivity index (χ4n) is 3.17. The SMILES string of the molecule is CCCC1Oc2c(-c3ccccc3)cccc2C1NCC. The summed E-state index contributed by atoms with van der Waals surface area (Å²) in [6, 6.07) is 17.3. The minimum absolute atomic E-state index is 0.245. The van der Waals surface area contributed by atoms with Crippen molar-refractivity contribution in [2.45, 2.75) is 38.8 Å². The molecule has 21 heavy (non-hydrogen) atoms. The van der Waals surface area contributed by atoms with Crippen molar-refractivity contribution in [3.8, 4) is 16.9 Å². The average molecular weight is 281 g/mol. The molecule has 0 bridgehead atoms. The van der Waals surface area contributed by atoms with Gasteiger partial charge in [0.1, 0.15) is 11.9 Å². The summed E-state index contributed by atoms with van der Waals surface area (Å²) in [7, 11) is 0. The Morgan fingerprint density at radius 3 is 2.52 bits per heavy atom. The number of hydrogen-bond donors (Lipinski definition) is 1. The quantitative estimate of drug-likeness (QED) is 0.867. The van der Waals surface area contributed by atoms with Crippen LogP contribution in [0.1, 0.15) is 38.3 Å². The maximum atomic E-state index is 6.34. The van der Waals surface area contributed by atoms with Crippen LogP contribution in [-0.4, -0.2) is 12.6 Å². The van der Waals surface area contributed by atoms with E-state index in [0.717, 1.165) is 25.1 Å². The van der Waals surface area contributed by atoms with Gasteiger partial charge >= 0.3 is 0 Å². The van der Waals surface area contributed by atoms with Crippen LogP contribution in [0.5, 0.6) is 5.75 Å². The van der Waals surface area contributed by atoms with E-state index >= 15 is 0 Å². The van der Waals surface area contributed by atoms with Crippen LogP contribution < -0.4 is 10.1 Å². The summed E-state index contributed by atoms with van der Waals surface area (Å²) in [5.41, 5.74) is 3.73. The lowest BCUT2D eigenvalue weighted by Gasteiger charge is -2.19. The highest BCUT2D eigenvalue weighted by Crippen LogP contribution is 2.44. The van der Waals surface area contributed by atoms with Crippen LogP contribution in [0.4, 0.5) is 0 Å². The van der Waals surface area contributed by atoms with Crippen LogP contribution in [-0.2, 0) is 0 Å². The number of para-hydroxylation sites is 1. The third kappa shape index (κ3) is 2.68. The molecular weight excluding hydrogens is 258 g/mol. The van der Waals surface area contributed by atoms with Crippen molar-refractivity contribution in [3.63, 3.8) is 0 Å². The van der Waals surface area contributed by atoms with E-state index in [1.165, 1.54) is 16.7 Å². The van der Waals surface area contributed by atoms with Gasteiger partial charge in [0.15, 0.2) is 0 Å². The van der Waals surface area contributed by atoms with Gasteiger partial charge in [-0.2, -0.15) is 0 Å². The van der Waals surface area contributed by atoms with Crippen molar-refractivity contribution >= 4 is 0 Å². The van der Waals surface area contributed by atoms with E-state index in [1.807, 2.05) is 0 Å². The summed E-state index contributed by atoms with van der Waals surface area (Å²) in [5.74, 6) is 1.06. The Balaban J connectivity index is 2.02. The molecule has 2 aromatic carbocycles. The highest BCUT2D eigenvalue weighted by Gasteiger charge is 2.34. The fraction of sp³-hybridized carbons (Fsp3) is 0.368. The van der Waals surface area contributed by atoms with Gasteiger partial charge in [-0.25, -0.2) is 0 Å². The Bertz CT molecular complexity index is 594. The molecule has 2 nitrogen and oxygen atoms in total. The Hall–Kier alpha value is -1.80. The molecular formula is C19H23NO. The van der Waals surface area contributed by atoms with Crippen LogP contribution in [0.2, 0.25) is 0 Å². The van der Waals surface area contributed by atoms with Crippen molar-refractivity contribution in [2.24, 2.45) is 0 Å². The molecule has 0 amide bonds. The first-order valence-electron chi connectivity index (χ1n) is 7.93. The summed E-state index contributed by atoms with van der Waals surface area (Å²) in [6.45, 7) is 5.33. The molecule has 0 spiro atoms. The second-order valence-electron chi connectivity index (χ2n) is 5.57. The second kappa shape index (κ2) is 6.31. The highest BCUT2D eigenvalue weighted by atomic mass is 16.5. The van der Waals surface area contributed by atoms with Gasteiger partial charge < -0.3 is 10.1 Å². The van der Waals surface area contributed by atoms with E-state index in [2.05, 4.69) is 67.7 Å². The number of nitrogens with one attached hydrogen (secondary N) is 1. The smallest absolute Gasteiger partial charge is 0.132 e. The van der Waals surface area contributed by atoms with E-state index < -0.39 is 0 Å². The van der Waals surface area contributed by atoms with E-state index in [4.69, 9.17) is 4.74 Å². The lowest BCUT2D eigenvalue weighted by molar-refractivity contribution is 0.179. The van der Waals surface area contributed by atoms with Crippen LogP contribution in [0.25, 0.3) is 11.1 Å². The molecule has 2 aromatic rings. The van der Waals surface area contributed by atoms with Gasteiger partial charge in [0.25, 0.3) is 0 Å². The first-order valence-corrected chi connectivity index (χ1v) is 7.93. The van der Waals surface area contributed by atoms with Gasteiger partial charge in [0, 0.05) is 11.1 Å². The predicted octanol–water partition coefficient (Wildman–Crippen LogP) is 4.57. The molecule has 1 heterocycles. The second-order valence-corrected chi connectivity index (χ2v) is 5.57. The lowest BCUT2D eigenvalue weighted by Crippen LogP contribution is -2.30. The van der Waals surface area contributed by atoms with E-state index in [9.17, 15) is 0 Å². The van der Waals surface area contributed by atoms with Crippen LogP contribution >= 0.6 is 0 Å². The molecule has 1 N–H and O–H groups in total. The van der Waals surface area contributed by atoms with Crippen LogP contribution in [0, 0.1) is 0 Å². The first-order chi connectivity index (χ1) is 10.3. The first kappa shape index (κ1) is 14.2. The number of ether oxygens (including phenoxy) is 1. The average Bonchev–Trinajstić information content (AvgIpc) is 2.87. The van der Waals surface area contributed by atoms with Crippen LogP contribution in [0.3, 0.4) is 0 Å². The number of likely N-dealkylation sites (N-methyl/N-ethyl adjacent to an activating group) is 1. The molecule has 1 aliphatic rings. The highest BCUT2D eigenvalue weighted by molar-refractivity contribution is 5.73. The summed E-state index contributed by atoms with van der Waals surface area (Å²) < 4.78 is 6.34. The summed E-state index contributed by atoms with van der Waals surface area (Å²) >= 11 is 0. The maximum Gasteiger partial charge on any atom is 0.132 e. The Labute approximate surface area is 127 Å². The molecule has 0 saturated carbocycles. The van der Waals surface area contributed by atoms with E-state index in [0.29, 0.717) is 6.04 Å². The summed E-state index contributed by atoms with van der Waals surface area (Å²) in [6.07, 6.45) is 2.47. The zero-order valence-electron chi connectivity index (χ0n) is 12.8. The van der Waals surface area contributed by atoms with Gasteiger partial charge in [-0.15, -0.1) is 0 Å². The number of rotatable bonds is 5. The van der Waals surface area contributed by atoms with E-state index in [-0.39, 0.29) is 6.10 Å². The molecule has 2 unspecified atom stereocenters. The van der Waals surface area contributed by atoms with Gasteiger partial charge in [-0.1, -0.05) is 68.8 Å². The molecule has 0 aliphatic carbocycles. The van der Waals surface area contributed by atoms with E-state index in [1.54, 1.807) is 0 Å².